The Kier molecular flexibility index (Phi) is 6.99. The zero-order valence-electron chi connectivity index (χ0n) is 14.7. The molecular formula is C16H25ClN4O3S. The summed E-state index contributed by atoms with van der Waals surface area (Å²) >= 11 is 0. The number of amides is 1. The summed E-state index contributed by atoms with van der Waals surface area (Å²) in [6.45, 7) is 4.36. The van der Waals surface area contributed by atoms with Gasteiger partial charge in [-0.1, -0.05) is 26.0 Å². The first-order valence-electron chi connectivity index (χ1n) is 7.93. The molecule has 0 saturated carbocycles. The van der Waals surface area contributed by atoms with Crippen LogP contribution in [0.5, 0.6) is 0 Å². The topological polar surface area (TPSA) is 105 Å². The van der Waals surface area contributed by atoms with Crippen LogP contribution in [0.3, 0.4) is 0 Å². The lowest BCUT2D eigenvalue weighted by molar-refractivity contribution is -0.121. The number of nitrogens with two attached hydrogens (primary N) is 1. The van der Waals surface area contributed by atoms with Crippen LogP contribution < -0.4 is 11.1 Å². The van der Waals surface area contributed by atoms with Gasteiger partial charge in [-0.15, -0.1) is 16.8 Å². The molecule has 0 unspecified atom stereocenters. The zero-order chi connectivity index (χ0) is 18.0. The van der Waals surface area contributed by atoms with Crippen molar-refractivity contribution >= 4 is 34.2 Å². The smallest absolute Gasteiger partial charge is 0.285 e. The van der Waals surface area contributed by atoms with E-state index in [1.165, 1.54) is 11.0 Å². The molecule has 140 valence electrons. The molecule has 1 aliphatic heterocycles. The quantitative estimate of drug-likeness (QED) is 0.759. The van der Waals surface area contributed by atoms with Crippen LogP contribution in [-0.2, 0) is 14.8 Å². The lowest BCUT2D eigenvalue weighted by Crippen LogP contribution is -2.51. The molecule has 0 fully saturated rings. The van der Waals surface area contributed by atoms with Crippen molar-refractivity contribution in [3.05, 3.63) is 29.8 Å². The number of rotatable bonds is 6. The summed E-state index contributed by atoms with van der Waals surface area (Å²) in [6.07, 6.45) is 1.52. The summed E-state index contributed by atoms with van der Waals surface area (Å²) in [5.74, 6) is 0.0597. The molecule has 0 radical (unpaired) electrons. The molecule has 1 amide bonds. The number of likely N-dealkylation sites (N-methyl/N-ethyl adjacent to an activating group) is 1. The molecule has 1 heterocycles. The molecule has 1 aromatic rings. The van der Waals surface area contributed by atoms with E-state index in [4.69, 9.17) is 5.73 Å². The Labute approximate surface area is 155 Å². The van der Waals surface area contributed by atoms with Gasteiger partial charge in [0.2, 0.25) is 5.91 Å². The van der Waals surface area contributed by atoms with Crippen molar-refractivity contribution in [2.24, 2.45) is 10.1 Å². The molecule has 0 atom stereocenters. The number of benzene rings is 1. The predicted molar refractivity (Wildman–Crippen MR) is 101 cm³/mol. The second-order valence-electron chi connectivity index (χ2n) is 6.09. The Morgan fingerprint density at radius 3 is 2.48 bits per heavy atom. The largest absolute Gasteiger partial charge is 0.353 e. The minimum atomic E-state index is -3.68. The van der Waals surface area contributed by atoms with Gasteiger partial charge in [-0.25, -0.2) is 0 Å². The summed E-state index contributed by atoms with van der Waals surface area (Å²) in [5, 5.41) is 2.81. The fraction of sp³-hybridized carbons (Fsp3) is 0.500. The molecule has 0 aliphatic carbocycles. The van der Waals surface area contributed by atoms with Crippen molar-refractivity contribution in [2.75, 3.05) is 20.1 Å². The fourth-order valence-electron chi connectivity index (χ4n) is 2.48. The molecule has 2 rings (SSSR count). The van der Waals surface area contributed by atoms with Crippen molar-refractivity contribution in [1.29, 1.82) is 0 Å². The van der Waals surface area contributed by atoms with Crippen molar-refractivity contribution in [3.8, 4) is 0 Å². The summed E-state index contributed by atoms with van der Waals surface area (Å²) in [5.41, 5.74) is 6.26. The Balaban J connectivity index is 0.00000312. The SMILES string of the molecule is CCC(N)(CC)CNC(=O)CN(C)C1=NS(=O)(=O)c2ccccc21.Cl. The lowest BCUT2D eigenvalue weighted by Gasteiger charge is -2.27. The van der Waals surface area contributed by atoms with E-state index in [0.29, 0.717) is 12.1 Å². The minimum Gasteiger partial charge on any atom is -0.353 e. The van der Waals surface area contributed by atoms with Gasteiger partial charge in [0, 0.05) is 24.7 Å². The maximum atomic E-state index is 12.1. The standard InChI is InChI=1S/C16H24N4O3S.ClH/c1-4-16(17,5-2)11-18-14(21)10-20(3)15-12-8-6-7-9-13(12)24(22,23)19-15;/h6-9H,4-5,10-11,17H2,1-3H3,(H,18,21);1H. The average molecular weight is 389 g/mol. The van der Waals surface area contributed by atoms with Crippen LogP contribution in [0, 0.1) is 0 Å². The highest BCUT2D eigenvalue weighted by Crippen LogP contribution is 2.26. The molecule has 1 aromatic carbocycles. The monoisotopic (exact) mass is 388 g/mol. The highest BCUT2D eigenvalue weighted by Gasteiger charge is 2.31. The molecule has 1 aliphatic rings. The Morgan fingerprint density at radius 1 is 1.28 bits per heavy atom. The Bertz CT molecular complexity index is 760. The number of sulfonamides is 1. The third-order valence-electron chi connectivity index (χ3n) is 4.40. The summed E-state index contributed by atoms with van der Waals surface area (Å²) in [4.78, 5) is 13.9. The number of amidine groups is 1. The van der Waals surface area contributed by atoms with Crippen LogP contribution in [0.2, 0.25) is 0 Å². The first-order valence-corrected chi connectivity index (χ1v) is 9.37. The van der Waals surface area contributed by atoms with Crippen LogP contribution in [-0.4, -0.2) is 50.7 Å². The molecule has 25 heavy (non-hydrogen) atoms. The maximum Gasteiger partial charge on any atom is 0.285 e. The number of halogens is 1. The van der Waals surface area contributed by atoms with Crippen LogP contribution in [0.4, 0.5) is 0 Å². The van der Waals surface area contributed by atoms with E-state index in [1.807, 2.05) is 13.8 Å². The van der Waals surface area contributed by atoms with E-state index in [-0.39, 0.29) is 35.6 Å². The van der Waals surface area contributed by atoms with Gasteiger partial charge >= 0.3 is 0 Å². The first-order chi connectivity index (χ1) is 11.2. The predicted octanol–water partition coefficient (Wildman–Crippen LogP) is 1.12. The third kappa shape index (κ3) is 4.71. The number of nitrogens with zero attached hydrogens (tertiary/aromatic N) is 2. The maximum absolute atomic E-state index is 12.1. The number of hydrogen-bond donors (Lipinski definition) is 2. The Morgan fingerprint density at radius 2 is 1.88 bits per heavy atom. The second kappa shape index (κ2) is 8.16. The molecule has 0 bridgehead atoms. The highest BCUT2D eigenvalue weighted by atomic mass is 35.5. The van der Waals surface area contributed by atoms with Crippen molar-refractivity contribution in [1.82, 2.24) is 10.2 Å². The molecule has 7 nitrogen and oxygen atoms in total. The van der Waals surface area contributed by atoms with Gasteiger partial charge in [0.05, 0.1) is 6.54 Å². The number of carbonyl (C=O) groups is 1. The Hall–Kier alpha value is -1.64. The second-order valence-corrected chi connectivity index (χ2v) is 7.66. The van der Waals surface area contributed by atoms with Gasteiger partial charge in [0.25, 0.3) is 10.0 Å². The summed E-state index contributed by atoms with van der Waals surface area (Å²) in [7, 11) is -2.04. The van der Waals surface area contributed by atoms with E-state index in [1.54, 1.807) is 25.2 Å². The van der Waals surface area contributed by atoms with Crippen molar-refractivity contribution in [2.45, 2.75) is 37.1 Å². The molecular weight excluding hydrogens is 364 g/mol. The lowest BCUT2D eigenvalue weighted by atomic mass is 9.94. The highest BCUT2D eigenvalue weighted by molar-refractivity contribution is 7.90. The van der Waals surface area contributed by atoms with Gasteiger partial charge < -0.3 is 16.0 Å². The van der Waals surface area contributed by atoms with Crippen molar-refractivity contribution in [3.63, 3.8) is 0 Å². The fourth-order valence-corrected chi connectivity index (χ4v) is 3.74. The van der Waals surface area contributed by atoms with E-state index >= 15 is 0 Å². The van der Waals surface area contributed by atoms with E-state index in [2.05, 4.69) is 9.71 Å². The summed E-state index contributed by atoms with van der Waals surface area (Å²) in [6, 6.07) is 6.60. The van der Waals surface area contributed by atoms with E-state index in [0.717, 1.165) is 12.8 Å². The minimum absolute atomic E-state index is 0. The molecule has 3 N–H and O–H groups in total. The number of nitrogens with one attached hydrogen (secondary N) is 1. The third-order valence-corrected chi connectivity index (χ3v) is 5.73. The van der Waals surface area contributed by atoms with Crippen LogP contribution in [0.15, 0.2) is 33.6 Å². The van der Waals surface area contributed by atoms with Crippen LogP contribution >= 0.6 is 12.4 Å². The average Bonchev–Trinajstić information content (AvgIpc) is 2.85. The van der Waals surface area contributed by atoms with Crippen molar-refractivity contribution < 1.29 is 13.2 Å². The van der Waals surface area contributed by atoms with Gasteiger partial charge in [-0.2, -0.15) is 8.42 Å². The van der Waals surface area contributed by atoms with Crippen LogP contribution in [0.1, 0.15) is 32.3 Å². The van der Waals surface area contributed by atoms with Gasteiger partial charge in [-0.05, 0) is 25.0 Å². The molecule has 0 spiro atoms. The van der Waals surface area contributed by atoms with E-state index in [9.17, 15) is 13.2 Å². The first kappa shape index (κ1) is 21.4. The molecule has 0 saturated heterocycles. The van der Waals surface area contributed by atoms with Gasteiger partial charge in [0.15, 0.2) is 5.84 Å². The molecule has 9 heteroatoms. The summed E-state index contributed by atoms with van der Waals surface area (Å²) < 4.78 is 27.9. The number of carbonyl (C=O) groups excluding carboxylic acids is 1. The normalized spacial score (nSPS) is 15.0. The van der Waals surface area contributed by atoms with Gasteiger partial charge in [0.1, 0.15) is 4.90 Å². The van der Waals surface area contributed by atoms with Crippen LogP contribution in [0.25, 0.3) is 0 Å². The zero-order valence-corrected chi connectivity index (χ0v) is 16.3. The number of fused-ring (bicyclic) bond motifs is 1. The number of hydrogen-bond acceptors (Lipinski definition) is 5. The van der Waals surface area contributed by atoms with Gasteiger partial charge in [-0.3, -0.25) is 4.79 Å². The van der Waals surface area contributed by atoms with E-state index < -0.39 is 15.6 Å². The molecule has 0 aromatic heterocycles.